The molecule has 2 heteroatoms. The van der Waals surface area contributed by atoms with Crippen LogP contribution in [0.3, 0.4) is 0 Å². The highest BCUT2D eigenvalue weighted by Crippen LogP contribution is 2.39. The molecular weight excluding hydrogens is 225 g/mol. The number of aryl methyl sites for hydroxylation is 1. The molecule has 1 aromatic rings. The van der Waals surface area contributed by atoms with Crippen molar-refractivity contribution in [3.05, 3.63) is 35.1 Å². The van der Waals surface area contributed by atoms with Gasteiger partial charge in [-0.15, -0.1) is 0 Å². The average molecular weight is 249 g/mol. The van der Waals surface area contributed by atoms with Crippen molar-refractivity contribution in [3.8, 4) is 0 Å². The van der Waals surface area contributed by atoms with E-state index < -0.39 is 0 Å². The van der Waals surface area contributed by atoms with Gasteiger partial charge in [-0.25, -0.2) is 4.39 Å². The van der Waals surface area contributed by atoms with Gasteiger partial charge in [-0.3, -0.25) is 0 Å². The second-order valence-electron chi connectivity index (χ2n) is 6.10. The summed E-state index contributed by atoms with van der Waals surface area (Å²) in [6.07, 6.45) is 7.12. The van der Waals surface area contributed by atoms with Crippen molar-refractivity contribution in [2.24, 2.45) is 11.1 Å². The molecule has 0 radical (unpaired) electrons. The Balaban J connectivity index is 2.10. The lowest BCUT2D eigenvalue weighted by molar-refractivity contribution is 0.168. The summed E-state index contributed by atoms with van der Waals surface area (Å²) in [5, 5.41) is 0. The van der Waals surface area contributed by atoms with Gasteiger partial charge in [0.25, 0.3) is 0 Å². The molecule has 2 N–H and O–H groups in total. The Hall–Kier alpha value is -0.890. The third-order valence-electron chi connectivity index (χ3n) is 4.64. The first kappa shape index (κ1) is 13.5. The summed E-state index contributed by atoms with van der Waals surface area (Å²) in [5.41, 5.74) is 8.85. The van der Waals surface area contributed by atoms with Crippen molar-refractivity contribution < 1.29 is 4.39 Å². The Morgan fingerprint density at radius 1 is 1.28 bits per heavy atom. The van der Waals surface area contributed by atoms with E-state index in [2.05, 4.69) is 6.92 Å². The van der Waals surface area contributed by atoms with Crippen LogP contribution in [0.2, 0.25) is 0 Å². The summed E-state index contributed by atoms with van der Waals surface area (Å²) in [4.78, 5) is 0. The van der Waals surface area contributed by atoms with E-state index in [4.69, 9.17) is 5.73 Å². The van der Waals surface area contributed by atoms with Gasteiger partial charge in [0.05, 0.1) is 0 Å². The van der Waals surface area contributed by atoms with Crippen molar-refractivity contribution in [1.29, 1.82) is 0 Å². The monoisotopic (exact) mass is 249 g/mol. The SMILES string of the molecule is Cc1ccc(F)cc1CC(N)C1(C)CCCCC1. The minimum Gasteiger partial charge on any atom is -0.327 e. The molecule has 1 fully saturated rings. The van der Waals surface area contributed by atoms with Crippen LogP contribution in [-0.4, -0.2) is 6.04 Å². The lowest BCUT2D eigenvalue weighted by Gasteiger charge is -2.39. The molecule has 1 atom stereocenters. The molecule has 1 nitrogen and oxygen atoms in total. The molecule has 0 aliphatic heterocycles. The molecular formula is C16H24FN. The number of rotatable bonds is 3. The normalized spacial score (nSPS) is 20.7. The van der Waals surface area contributed by atoms with E-state index in [1.54, 1.807) is 6.07 Å². The summed E-state index contributed by atoms with van der Waals surface area (Å²) < 4.78 is 13.3. The molecule has 18 heavy (non-hydrogen) atoms. The molecule has 1 aliphatic carbocycles. The third kappa shape index (κ3) is 2.92. The van der Waals surface area contributed by atoms with Crippen LogP contribution in [0, 0.1) is 18.2 Å². The van der Waals surface area contributed by atoms with E-state index >= 15 is 0 Å². The Morgan fingerprint density at radius 3 is 2.61 bits per heavy atom. The largest absolute Gasteiger partial charge is 0.327 e. The summed E-state index contributed by atoms with van der Waals surface area (Å²) in [7, 11) is 0. The first-order chi connectivity index (χ1) is 8.51. The maximum atomic E-state index is 13.3. The van der Waals surface area contributed by atoms with Crippen LogP contribution in [0.4, 0.5) is 4.39 Å². The van der Waals surface area contributed by atoms with Crippen molar-refractivity contribution >= 4 is 0 Å². The molecule has 0 bridgehead atoms. The Bertz CT molecular complexity index is 408. The fourth-order valence-corrected chi connectivity index (χ4v) is 3.07. The predicted molar refractivity (Wildman–Crippen MR) is 74.0 cm³/mol. The molecule has 1 aliphatic rings. The van der Waals surface area contributed by atoms with Gasteiger partial charge in [0.15, 0.2) is 0 Å². The number of benzene rings is 1. The van der Waals surface area contributed by atoms with Gasteiger partial charge in [0.2, 0.25) is 0 Å². The van der Waals surface area contributed by atoms with Gasteiger partial charge in [-0.2, -0.15) is 0 Å². The zero-order valence-corrected chi connectivity index (χ0v) is 11.5. The fraction of sp³-hybridized carbons (Fsp3) is 0.625. The lowest BCUT2D eigenvalue weighted by atomic mass is 9.69. The lowest BCUT2D eigenvalue weighted by Crippen LogP contribution is -2.42. The van der Waals surface area contributed by atoms with Crippen LogP contribution in [0.25, 0.3) is 0 Å². The highest BCUT2D eigenvalue weighted by atomic mass is 19.1. The van der Waals surface area contributed by atoms with Gasteiger partial charge in [0, 0.05) is 6.04 Å². The predicted octanol–water partition coefficient (Wildman–Crippen LogP) is 3.97. The maximum Gasteiger partial charge on any atom is 0.123 e. The van der Waals surface area contributed by atoms with Gasteiger partial charge in [-0.05, 0) is 54.9 Å². The Labute approximate surface area is 110 Å². The van der Waals surface area contributed by atoms with Crippen LogP contribution >= 0.6 is 0 Å². The Morgan fingerprint density at radius 2 is 1.94 bits per heavy atom. The maximum absolute atomic E-state index is 13.3. The van der Waals surface area contributed by atoms with E-state index in [9.17, 15) is 4.39 Å². The van der Waals surface area contributed by atoms with Crippen molar-refractivity contribution in [2.45, 2.75) is 58.4 Å². The van der Waals surface area contributed by atoms with Gasteiger partial charge < -0.3 is 5.73 Å². The fourth-order valence-electron chi connectivity index (χ4n) is 3.07. The van der Waals surface area contributed by atoms with Crippen LogP contribution in [0.1, 0.15) is 50.2 Å². The number of halogens is 1. The zero-order valence-electron chi connectivity index (χ0n) is 11.5. The molecule has 0 amide bonds. The molecule has 0 aromatic heterocycles. The van der Waals surface area contributed by atoms with Gasteiger partial charge in [0.1, 0.15) is 5.82 Å². The first-order valence-corrected chi connectivity index (χ1v) is 7.02. The van der Waals surface area contributed by atoms with E-state index in [1.807, 2.05) is 13.0 Å². The number of hydrogen-bond acceptors (Lipinski definition) is 1. The minimum atomic E-state index is -0.156. The summed E-state index contributed by atoms with van der Waals surface area (Å²) in [6.45, 7) is 4.33. The quantitative estimate of drug-likeness (QED) is 0.861. The second-order valence-corrected chi connectivity index (χ2v) is 6.10. The molecule has 0 heterocycles. The molecule has 100 valence electrons. The van der Waals surface area contributed by atoms with Crippen LogP contribution in [-0.2, 0) is 6.42 Å². The van der Waals surface area contributed by atoms with E-state index in [-0.39, 0.29) is 17.3 Å². The van der Waals surface area contributed by atoms with Crippen molar-refractivity contribution in [1.82, 2.24) is 0 Å². The minimum absolute atomic E-state index is 0.137. The first-order valence-electron chi connectivity index (χ1n) is 7.02. The summed E-state index contributed by atoms with van der Waals surface area (Å²) >= 11 is 0. The average Bonchev–Trinajstić information content (AvgIpc) is 2.35. The zero-order chi connectivity index (χ0) is 13.2. The summed E-state index contributed by atoms with van der Waals surface area (Å²) in [6, 6.07) is 5.15. The van der Waals surface area contributed by atoms with Crippen LogP contribution in [0.15, 0.2) is 18.2 Å². The Kier molecular flexibility index (Phi) is 4.06. The standard InChI is InChI=1S/C16H24FN/c1-12-6-7-14(17)10-13(12)11-15(18)16(2)8-4-3-5-9-16/h6-7,10,15H,3-5,8-9,11,18H2,1-2H3. The highest BCUT2D eigenvalue weighted by molar-refractivity contribution is 5.27. The third-order valence-corrected chi connectivity index (χ3v) is 4.64. The number of nitrogens with two attached hydrogens (primary N) is 1. The highest BCUT2D eigenvalue weighted by Gasteiger charge is 2.33. The van der Waals surface area contributed by atoms with Gasteiger partial charge >= 0.3 is 0 Å². The van der Waals surface area contributed by atoms with Gasteiger partial charge in [-0.1, -0.05) is 32.3 Å². The van der Waals surface area contributed by atoms with Crippen molar-refractivity contribution in [2.75, 3.05) is 0 Å². The van der Waals surface area contributed by atoms with E-state index in [0.717, 1.165) is 17.5 Å². The molecule has 2 rings (SSSR count). The molecule has 1 unspecified atom stereocenters. The summed E-state index contributed by atoms with van der Waals surface area (Å²) in [5.74, 6) is -0.156. The van der Waals surface area contributed by atoms with Crippen LogP contribution < -0.4 is 5.73 Å². The molecule has 1 saturated carbocycles. The number of hydrogen-bond donors (Lipinski definition) is 1. The second kappa shape index (κ2) is 5.40. The molecule has 1 aromatic carbocycles. The molecule has 0 spiro atoms. The van der Waals surface area contributed by atoms with Crippen LogP contribution in [0.5, 0.6) is 0 Å². The molecule has 0 saturated heterocycles. The van der Waals surface area contributed by atoms with Crippen molar-refractivity contribution in [3.63, 3.8) is 0 Å². The smallest absolute Gasteiger partial charge is 0.123 e. The topological polar surface area (TPSA) is 26.0 Å². The van der Waals surface area contributed by atoms with E-state index in [0.29, 0.717) is 0 Å². The van der Waals surface area contributed by atoms with E-state index in [1.165, 1.54) is 38.2 Å².